The molecule has 1 heterocycles. The van der Waals surface area contributed by atoms with Gasteiger partial charge in [-0.1, -0.05) is 32.6 Å². The molecule has 1 atom stereocenters. The molecule has 0 radical (unpaired) electrons. The lowest BCUT2D eigenvalue weighted by atomic mass is 9.95. The normalized spacial score (nSPS) is 19.1. The van der Waals surface area contributed by atoms with Crippen LogP contribution in [0.4, 0.5) is 0 Å². The molecule has 90 valence electrons. The van der Waals surface area contributed by atoms with Crippen LogP contribution in [0.5, 0.6) is 0 Å². The van der Waals surface area contributed by atoms with Gasteiger partial charge in [0.1, 0.15) is 0 Å². The van der Waals surface area contributed by atoms with E-state index in [0.717, 1.165) is 12.5 Å². The molecule has 0 bridgehead atoms. The van der Waals surface area contributed by atoms with E-state index in [1.165, 1.54) is 42.5 Å². The molecule has 1 aliphatic rings. The Hall–Kier alpha value is -0.340. The van der Waals surface area contributed by atoms with Gasteiger partial charge in [0.05, 0.1) is 0 Å². The minimum atomic E-state index is 0.595. The van der Waals surface area contributed by atoms with Crippen LogP contribution in [-0.4, -0.2) is 6.54 Å². The molecular formula is C14H23NS. The molecule has 2 heteroatoms. The summed E-state index contributed by atoms with van der Waals surface area (Å²) in [6, 6.07) is 2.95. The molecule has 0 spiro atoms. The van der Waals surface area contributed by atoms with Crippen molar-refractivity contribution in [2.24, 2.45) is 5.92 Å². The lowest BCUT2D eigenvalue weighted by Gasteiger charge is -2.20. The van der Waals surface area contributed by atoms with Crippen LogP contribution in [0.1, 0.15) is 55.5 Å². The largest absolute Gasteiger partial charge is 0.310 e. The number of nitrogens with one attached hydrogen (secondary N) is 1. The predicted molar refractivity (Wildman–Crippen MR) is 72.0 cm³/mol. The number of hydrogen-bond acceptors (Lipinski definition) is 2. The summed E-state index contributed by atoms with van der Waals surface area (Å²) in [6.45, 7) is 5.49. The fourth-order valence-electron chi connectivity index (χ4n) is 2.81. The first-order chi connectivity index (χ1) is 7.79. The highest BCUT2D eigenvalue weighted by Crippen LogP contribution is 2.34. The smallest absolute Gasteiger partial charge is 0.0331 e. The molecule has 0 aromatic carbocycles. The fourth-order valence-corrected chi connectivity index (χ4v) is 3.57. The van der Waals surface area contributed by atoms with Crippen molar-refractivity contribution in [1.29, 1.82) is 0 Å². The first-order valence-electron chi connectivity index (χ1n) is 6.58. The fraction of sp³-hybridized carbons (Fsp3) is 0.714. The van der Waals surface area contributed by atoms with Crippen molar-refractivity contribution >= 4 is 11.3 Å². The Morgan fingerprint density at radius 1 is 1.44 bits per heavy atom. The van der Waals surface area contributed by atoms with Gasteiger partial charge in [0.2, 0.25) is 0 Å². The van der Waals surface area contributed by atoms with E-state index in [0.29, 0.717) is 6.04 Å². The average Bonchev–Trinajstić information content (AvgIpc) is 2.88. The van der Waals surface area contributed by atoms with Gasteiger partial charge in [0.25, 0.3) is 0 Å². The van der Waals surface area contributed by atoms with E-state index in [-0.39, 0.29) is 0 Å². The summed E-state index contributed by atoms with van der Waals surface area (Å²) in [5.74, 6) is 0.962. The molecule has 1 aromatic heterocycles. The number of hydrogen-bond donors (Lipinski definition) is 1. The van der Waals surface area contributed by atoms with E-state index in [2.05, 4.69) is 30.6 Å². The SMILES string of the molecule is CCNC(CC1CCCC1)c1csc(C)c1. The quantitative estimate of drug-likeness (QED) is 0.805. The summed E-state index contributed by atoms with van der Waals surface area (Å²) in [7, 11) is 0. The van der Waals surface area contributed by atoms with Crippen LogP contribution in [0.3, 0.4) is 0 Å². The van der Waals surface area contributed by atoms with E-state index in [1.54, 1.807) is 0 Å². The zero-order valence-electron chi connectivity index (χ0n) is 10.5. The Kier molecular flexibility index (Phi) is 4.42. The van der Waals surface area contributed by atoms with E-state index < -0.39 is 0 Å². The molecule has 2 rings (SSSR count). The highest BCUT2D eigenvalue weighted by Gasteiger charge is 2.21. The van der Waals surface area contributed by atoms with Crippen molar-refractivity contribution in [2.75, 3.05) is 6.54 Å². The molecule has 1 nitrogen and oxygen atoms in total. The van der Waals surface area contributed by atoms with Crippen LogP contribution in [0.25, 0.3) is 0 Å². The lowest BCUT2D eigenvalue weighted by Crippen LogP contribution is -2.22. The van der Waals surface area contributed by atoms with E-state index in [9.17, 15) is 0 Å². The molecular weight excluding hydrogens is 214 g/mol. The Morgan fingerprint density at radius 2 is 2.19 bits per heavy atom. The van der Waals surface area contributed by atoms with Crippen LogP contribution in [0, 0.1) is 12.8 Å². The van der Waals surface area contributed by atoms with Crippen LogP contribution in [-0.2, 0) is 0 Å². The van der Waals surface area contributed by atoms with Crippen LogP contribution >= 0.6 is 11.3 Å². The molecule has 1 N–H and O–H groups in total. The minimum absolute atomic E-state index is 0.595. The first-order valence-corrected chi connectivity index (χ1v) is 7.46. The minimum Gasteiger partial charge on any atom is -0.310 e. The molecule has 0 saturated heterocycles. The van der Waals surface area contributed by atoms with Crippen LogP contribution < -0.4 is 5.32 Å². The monoisotopic (exact) mass is 237 g/mol. The Morgan fingerprint density at radius 3 is 2.75 bits per heavy atom. The molecule has 1 aliphatic carbocycles. The predicted octanol–water partition coefficient (Wildman–Crippen LogP) is 4.29. The molecule has 1 aromatic rings. The molecule has 1 fully saturated rings. The van der Waals surface area contributed by atoms with Gasteiger partial charge in [-0.2, -0.15) is 0 Å². The van der Waals surface area contributed by atoms with Gasteiger partial charge in [-0.3, -0.25) is 0 Å². The Labute approximate surface area is 103 Å². The van der Waals surface area contributed by atoms with Crippen molar-refractivity contribution in [3.8, 4) is 0 Å². The van der Waals surface area contributed by atoms with Gasteiger partial charge >= 0.3 is 0 Å². The average molecular weight is 237 g/mol. The molecule has 0 amide bonds. The topological polar surface area (TPSA) is 12.0 Å². The summed E-state index contributed by atoms with van der Waals surface area (Å²) < 4.78 is 0. The maximum Gasteiger partial charge on any atom is 0.0331 e. The summed E-state index contributed by atoms with van der Waals surface area (Å²) >= 11 is 1.88. The third-order valence-corrected chi connectivity index (χ3v) is 4.53. The van der Waals surface area contributed by atoms with Crippen LogP contribution in [0.15, 0.2) is 11.4 Å². The second-order valence-electron chi connectivity index (χ2n) is 4.99. The van der Waals surface area contributed by atoms with E-state index in [4.69, 9.17) is 0 Å². The number of thiophene rings is 1. The zero-order valence-corrected chi connectivity index (χ0v) is 11.3. The zero-order chi connectivity index (χ0) is 11.4. The van der Waals surface area contributed by atoms with Gasteiger partial charge < -0.3 is 5.32 Å². The standard InChI is InChI=1S/C14H23NS/c1-3-15-14(9-12-6-4-5-7-12)13-8-11(2)16-10-13/h8,10,12,14-15H,3-7,9H2,1-2H3. The van der Waals surface area contributed by atoms with E-state index in [1.807, 2.05) is 11.3 Å². The lowest BCUT2D eigenvalue weighted by molar-refractivity contribution is 0.401. The molecule has 0 aliphatic heterocycles. The second kappa shape index (κ2) is 5.83. The van der Waals surface area contributed by atoms with Crippen molar-refractivity contribution in [2.45, 2.75) is 52.0 Å². The Bertz CT molecular complexity index is 312. The molecule has 16 heavy (non-hydrogen) atoms. The highest BCUT2D eigenvalue weighted by molar-refractivity contribution is 7.10. The van der Waals surface area contributed by atoms with Gasteiger partial charge in [0.15, 0.2) is 0 Å². The first kappa shape index (κ1) is 12.1. The molecule has 1 saturated carbocycles. The van der Waals surface area contributed by atoms with Crippen molar-refractivity contribution in [3.05, 3.63) is 21.9 Å². The highest BCUT2D eigenvalue weighted by atomic mass is 32.1. The van der Waals surface area contributed by atoms with Crippen molar-refractivity contribution < 1.29 is 0 Å². The number of aryl methyl sites for hydroxylation is 1. The summed E-state index contributed by atoms with van der Waals surface area (Å²) in [6.07, 6.45) is 7.14. The molecule has 1 unspecified atom stereocenters. The summed E-state index contributed by atoms with van der Waals surface area (Å²) in [4.78, 5) is 1.43. The number of rotatable bonds is 5. The van der Waals surface area contributed by atoms with Crippen molar-refractivity contribution in [1.82, 2.24) is 5.32 Å². The third-order valence-electron chi connectivity index (χ3n) is 3.65. The Balaban J connectivity index is 1.98. The van der Waals surface area contributed by atoms with Crippen LogP contribution in [0.2, 0.25) is 0 Å². The third kappa shape index (κ3) is 3.08. The van der Waals surface area contributed by atoms with Crippen molar-refractivity contribution in [3.63, 3.8) is 0 Å². The maximum atomic E-state index is 3.65. The maximum absolute atomic E-state index is 3.65. The summed E-state index contributed by atoms with van der Waals surface area (Å²) in [5, 5.41) is 5.98. The van der Waals surface area contributed by atoms with Gasteiger partial charge in [-0.05, 0) is 42.8 Å². The van der Waals surface area contributed by atoms with Gasteiger partial charge in [-0.15, -0.1) is 11.3 Å². The summed E-state index contributed by atoms with van der Waals surface area (Å²) in [5.41, 5.74) is 1.51. The second-order valence-corrected chi connectivity index (χ2v) is 6.10. The van der Waals surface area contributed by atoms with Gasteiger partial charge in [-0.25, -0.2) is 0 Å². The van der Waals surface area contributed by atoms with E-state index >= 15 is 0 Å². The van der Waals surface area contributed by atoms with Gasteiger partial charge in [0, 0.05) is 10.9 Å².